The number of nitrogens with zero attached hydrogens (tertiary/aromatic N) is 3. The number of nitrogens with two attached hydrogens (primary N) is 2. The fourth-order valence-electron chi connectivity index (χ4n) is 1.62. The summed E-state index contributed by atoms with van der Waals surface area (Å²) >= 11 is 0. The van der Waals surface area contributed by atoms with Gasteiger partial charge in [-0.15, -0.1) is 9.81 Å². The summed E-state index contributed by atoms with van der Waals surface area (Å²) in [7, 11) is 0. The third-order valence-corrected chi connectivity index (χ3v) is 2.69. The predicted octanol–water partition coefficient (Wildman–Crippen LogP) is 3.28. The Labute approximate surface area is 113 Å². The van der Waals surface area contributed by atoms with Crippen molar-refractivity contribution in [1.29, 1.82) is 0 Å². The lowest BCUT2D eigenvalue weighted by atomic mass is 10.2. The Kier molecular flexibility index (Phi) is 3.58. The van der Waals surface area contributed by atoms with Crippen LogP contribution in [0.25, 0.3) is 0 Å². The molecule has 2 aromatic carbocycles. The second-order valence-corrected chi connectivity index (χ2v) is 3.96. The van der Waals surface area contributed by atoms with E-state index in [1.807, 2.05) is 0 Å². The maximum Gasteiger partial charge on any atom is 0.132 e. The molecule has 0 spiro atoms. The molecule has 0 radical (unpaired) electrons. The van der Waals surface area contributed by atoms with Crippen molar-refractivity contribution in [3.05, 3.63) is 51.4 Å². The Morgan fingerprint density at radius 3 is 1.60 bits per heavy atom. The summed E-state index contributed by atoms with van der Waals surface area (Å²) in [5.41, 5.74) is 11.6. The lowest BCUT2D eigenvalue weighted by Gasteiger charge is -2.31. The molecule has 8 nitrogen and oxygen atoms in total. The molecule has 4 N–H and O–H groups in total. The Morgan fingerprint density at radius 1 is 0.850 bits per heavy atom. The van der Waals surface area contributed by atoms with Gasteiger partial charge in [-0.05, 0) is 46.8 Å². The Morgan fingerprint density at radius 2 is 1.25 bits per heavy atom. The van der Waals surface area contributed by atoms with Crippen LogP contribution in [0.2, 0.25) is 0 Å². The quantitative estimate of drug-likeness (QED) is 0.497. The zero-order chi connectivity index (χ0) is 14.7. The van der Waals surface area contributed by atoms with Crippen molar-refractivity contribution in [3.63, 3.8) is 0 Å². The van der Waals surface area contributed by atoms with Gasteiger partial charge in [0.05, 0.1) is 11.4 Å². The average Bonchev–Trinajstić information content (AvgIpc) is 2.47. The number of hydrogen-bond acceptors (Lipinski definition) is 8. The van der Waals surface area contributed by atoms with Crippen LogP contribution in [0.3, 0.4) is 0 Å². The minimum atomic E-state index is -0.0347. The molecule has 0 aliphatic carbocycles. The molecule has 0 amide bonds. The van der Waals surface area contributed by atoms with E-state index in [4.69, 9.17) is 11.5 Å². The van der Waals surface area contributed by atoms with Crippen LogP contribution in [0, 0.1) is 15.0 Å². The van der Waals surface area contributed by atoms with Crippen molar-refractivity contribution in [2.24, 2.45) is 10.4 Å². The van der Waals surface area contributed by atoms with Gasteiger partial charge in [0.15, 0.2) is 0 Å². The van der Waals surface area contributed by atoms with E-state index in [9.17, 15) is 15.0 Å². The summed E-state index contributed by atoms with van der Waals surface area (Å²) in [6.45, 7) is 0. The highest BCUT2D eigenvalue weighted by Crippen LogP contribution is 2.34. The van der Waals surface area contributed by atoms with E-state index < -0.39 is 0 Å². The third-order valence-electron chi connectivity index (χ3n) is 2.69. The van der Waals surface area contributed by atoms with Gasteiger partial charge in [0, 0.05) is 11.4 Å². The SMILES string of the molecule is Nc1ccc(N([O-])c2ccc(N)c(N=O)c2)cc1N=O. The smallest absolute Gasteiger partial charge is 0.132 e. The van der Waals surface area contributed by atoms with Crippen LogP contribution in [0.1, 0.15) is 0 Å². The molecule has 0 unspecified atom stereocenters. The zero-order valence-electron chi connectivity index (χ0n) is 10.2. The van der Waals surface area contributed by atoms with Gasteiger partial charge in [-0.3, -0.25) is 0 Å². The van der Waals surface area contributed by atoms with Crippen LogP contribution in [-0.2, 0) is 0 Å². The molecule has 2 aromatic rings. The molecule has 8 heteroatoms. The van der Waals surface area contributed by atoms with Crippen molar-refractivity contribution in [2.75, 3.05) is 16.5 Å². The first-order chi connectivity index (χ1) is 9.56. The standard InChI is InChI=1S/C12H10N5O3/c13-9-3-1-7(5-11(9)15-18)17(20)8-2-4-10(14)12(6-8)16-19/h1-6H,13-14H2/q-1. The molecule has 2 rings (SSSR count). The van der Waals surface area contributed by atoms with Crippen LogP contribution < -0.4 is 16.5 Å². The lowest BCUT2D eigenvalue weighted by molar-refractivity contribution is 1.29. The first-order valence-electron chi connectivity index (χ1n) is 5.50. The van der Waals surface area contributed by atoms with Crippen LogP contribution >= 0.6 is 0 Å². The number of benzene rings is 2. The maximum absolute atomic E-state index is 12.2. The van der Waals surface area contributed by atoms with Gasteiger partial charge in [0.1, 0.15) is 11.4 Å². The largest absolute Gasteiger partial charge is 0.754 e. The molecule has 0 bridgehead atoms. The van der Waals surface area contributed by atoms with Crippen LogP contribution in [0.5, 0.6) is 0 Å². The summed E-state index contributed by atoms with van der Waals surface area (Å²) in [4.78, 5) is 21.1. The fraction of sp³-hybridized carbons (Fsp3) is 0. The third kappa shape index (κ3) is 2.40. The van der Waals surface area contributed by atoms with Gasteiger partial charge in [-0.2, -0.15) is 0 Å². The summed E-state index contributed by atoms with van der Waals surface area (Å²) in [6.07, 6.45) is 0. The van der Waals surface area contributed by atoms with Gasteiger partial charge in [0.25, 0.3) is 0 Å². The van der Waals surface area contributed by atoms with Gasteiger partial charge in [-0.25, -0.2) is 0 Å². The molecule has 0 atom stereocenters. The van der Waals surface area contributed by atoms with Gasteiger partial charge >= 0.3 is 0 Å². The van der Waals surface area contributed by atoms with E-state index in [1.54, 1.807) is 0 Å². The molecule has 0 aliphatic heterocycles. The molecular weight excluding hydrogens is 262 g/mol. The second-order valence-electron chi connectivity index (χ2n) is 3.96. The summed E-state index contributed by atoms with van der Waals surface area (Å²) < 4.78 is 0. The Bertz CT molecular complexity index is 617. The monoisotopic (exact) mass is 272 g/mol. The highest BCUT2D eigenvalue weighted by molar-refractivity contribution is 5.77. The number of nitrogen functional groups attached to an aromatic ring is 2. The first-order valence-corrected chi connectivity index (χ1v) is 5.50. The topological polar surface area (TPSA) is 137 Å². The number of rotatable bonds is 4. The molecule has 102 valence electrons. The molecular formula is C12H10N5O3-. The zero-order valence-corrected chi connectivity index (χ0v) is 10.2. The molecule has 0 aliphatic rings. The van der Waals surface area contributed by atoms with Crippen LogP contribution in [0.15, 0.2) is 46.8 Å². The molecule has 0 aromatic heterocycles. The summed E-state index contributed by atoms with van der Waals surface area (Å²) in [6, 6.07) is 8.16. The molecule has 0 saturated heterocycles. The minimum absolute atomic E-state index is 0.0347. The molecule has 0 fully saturated rings. The Hall–Kier alpha value is -3.00. The average molecular weight is 272 g/mol. The van der Waals surface area contributed by atoms with Crippen molar-refractivity contribution < 1.29 is 0 Å². The van der Waals surface area contributed by atoms with Crippen LogP contribution in [-0.4, -0.2) is 0 Å². The van der Waals surface area contributed by atoms with Crippen molar-refractivity contribution in [3.8, 4) is 0 Å². The van der Waals surface area contributed by atoms with E-state index in [1.165, 1.54) is 36.4 Å². The van der Waals surface area contributed by atoms with Crippen LogP contribution in [0.4, 0.5) is 34.1 Å². The normalized spacial score (nSPS) is 10.1. The number of hydrogen-bond donors (Lipinski definition) is 2. The van der Waals surface area contributed by atoms with Crippen molar-refractivity contribution >= 4 is 34.1 Å². The highest BCUT2D eigenvalue weighted by atomic mass is 16.5. The van der Waals surface area contributed by atoms with E-state index in [2.05, 4.69) is 10.4 Å². The second kappa shape index (κ2) is 5.33. The van der Waals surface area contributed by atoms with Crippen molar-refractivity contribution in [1.82, 2.24) is 0 Å². The minimum Gasteiger partial charge on any atom is -0.754 e. The molecule has 0 heterocycles. The number of anilines is 4. The van der Waals surface area contributed by atoms with Gasteiger partial charge in [-0.1, -0.05) is 0 Å². The van der Waals surface area contributed by atoms with Gasteiger partial charge in [0.2, 0.25) is 0 Å². The summed E-state index contributed by atoms with van der Waals surface area (Å²) in [5.74, 6) is 0. The van der Waals surface area contributed by atoms with E-state index in [-0.39, 0.29) is 34.1 Å². The number of nitroso groups, excluding NO2 is 2. The van der Waals surface area contributed by atoms with E-state index >= 15 is 0 Å². The molecule has 0 saturated carbocycles. The first kappa shape index (κ1) is 13.4. The predicted molar refractivity (Wildman–Crippen MR) is 78.1 cm³/mol. The fourth-order valence-corrected chi connectivity index (χ4v) is 1.62. The highest BCUT2D eigenvalue weighted by Gasteiger charge is 2.07. The Balaban J connectivity index is 2.42. The van der Waals surface area contributed by atoms with E-state index in [0.29, 0.717) is 5.06 Å². The van der Waals surface area contributed by atoms with Crippen molar-refractivity contribution in [2.45, 2.75) is 0 Å². The molecule has 20 heavy (non-hydrogen) atoms. The lowest BCUT2D eigenvalue weighted by Crippen LogP contribution is -2.07. The summed E-state index contributed by atoms with van der Waals surface area (Å²) in [5, 5.41) is 18.1. The van der Waals surface area contributed by atoms with Gasteiger partial charge < -0.3 is 21.7 Å². The maximum atomic E-state index is 12.2. The van der Waals surface area contributed by atoms with E-state index in [0.717, 1.165) is 0 Å².